The van der Waals surface area contributed by atoms with E-state index >= 15 is 0 Å². The first-order valence-corrected chi connectivity index (χ1v) is 6.63. The van der Waals surface area contributed by atoms with Gasteiger partial charge >= 0.3 is 0 Å². The van der Waals surface area contributed by atoms with E-state index in [1.165, 1.54) is 11.4 Å². The fourth-order valence-corrected chi connectivity index (χ4v) is 1.84. The van der Waals surface area contributed by atoms with E-state index in [9.17, 15) is 8.42 Å². The molecule has 1 heterocycles. The summed E-state index contributed by atoms with van der Waals surface area (Å²) in [5, 5.41) is 0.994. The van der Waals surface area contributed by atoms with E-state index in [-0.39, 0.29) is 0 Å². The van der Waals surface area contributed by atoms with E-state index in [4.69, 9.17) is 0 Å². The molecule has 4 nitrogen and oxygen atoms in total. The van der Waals surface area contributed by atoms with Crippen molar-refractivity contribution in [2.24, 2.45) is 0 Å². The van der Waals surface area contributed by atoms with Gasteiger partial charge in [-0.3, -0.25) is 4.31 Å². The molecule has 84 valence electrons. The number of aromatic nitrogens is 1. The summed E-state index contributed by atoms with van der Waals surface area (Å²) in [6, 6.07) is 11.1. The number of fused-ring (bicyclic) bond motifs is 1. The molecule has 0 spiro atoms. The first-order valence-electron chi connectivity index (χ1n) is 4.78. The van der Waals surface area contributed by atoms with E-state index in [0.717, 1.165) is 17.2 Å². The molecule has 0 aliphatic heterocycles. The molecule has 0 aliphatic rings. The first kappa shape index (κ1) is 10.9. The highest BCUT2D eigenvalue weighted by molar-refractivity contribution is 7.92. The summed E-state index contributed by atoms with van der Waals surface area (Å²) in [5.41, 5.74) is 0.788. The highest BCUT2D eigenvalue weighted by Crippen LogP contribution is 2.18. The molecule has 1 aromatic carbocycles. The normalized spacial score (nSPS) is 11.6. The van der Waals surface area contributed by atoms with Crippen molar-refractivity contribution in [1.29, 1.82) is 0 Å². The predicted octanol–water partition coefficient (Wildman–Crippen LogP) is 1.63. The van der Waals surface area contributed by atoms with Gasteiger partial charge in [0.15, 0.2) is 0 Å². The van der Waals surface area contributed by atoms with Crippen LogP contribution in [0.15, 0.2) is 36.4 Å². The molecule has 0 fully saturated rings. The molecule has 0 aliphatic carbocycles. The largest absolute Gasteiger partial charge is 0.257 e. The van der Waals surface area contributed by atoms with Crippen molar-refractivity contribution in [3.05, 3.63) is 36.4 Å². The number of pyridine rings is 1. The summed E-state index contributed by atoms with van der Waals surface area (Å²) in [4.78, 5) is 4.29. The van der Waals surface area contributed by atoms with Gasteiger partial charge in [0.25, 0.3) is 0 Å². The van der Waals surface area contributed by atoms with E-state index in [1.54, 1.807) is 6.07 Å². The van der Waals surface area contributed by atoms with Crippen molar-refractivity contribution in [3.63, 3.8) is 0 Å². The molecule has 0 radical (unpaired) electrons. The van der Waals surface area contributed by atoms with Gasteiger partial charge in [-0.15, -0.1) is 0 Å². The second-order valence-electron chi connectivity index (χ2n) is 3.59. The summed E-state index contributed by atoms with van der Waals surface area (Å²) < 4.78 is 23.9. The Morgan fingerprint density at radius 1 is 1.12 bits per heavy atom. The zero-order valence-electron chi connectivity index (χ0n) is 9.08. The zero-order valence-corrected chi connectivity index (χ0v) is 9.90. The molecule has 0 saturated carbocycles. The maximum absolute atomic E-state index is 11.4. The topological polar surface area (TPSA) is 50.3 Å². The Labute approximate surface area is 94.6 Å². The van der Waals surface area contributed by atoms with Crippen molar-refractivity contribution in [3.8, 4) is 0 Å². The van der Waals surface area contributed by atoms with Gasteiger partial charge in [0.1, 0.15) is 5.82 Å². The van der Waals surface area contributed by atoms with Crippen LogP contribution in [0.4, 0.5) is 5.82 Å². The lowest BCUT2D eigenvalue weighted by Gasteiger charge is -2.15. The maximum Gasteiger partial charge on any atom is 0.233 e. The minimum absolute atomic E-state index is 0.432. The van der Waals surface area contributed by atoms with E-state index < -0.39 is 10.0 Å². The number of rotatable bonds is 2. The molecule has 0 unspecified atom stereocenters. The summed E-state index contributed by atoms with van der Waals surface area (Å²) in [7, 11) is -1.76. The number of benzene rings is 1. The van der Waals surface area contributed by atoms with Crippen LogP contribution in [0.25, 0.3) is 10.9 Å². The number of hydrogen-bond acceptors (Lipinski definition) is 3. The Morgan fingerprint density at radius 2 is 1.81 bits per heavy atom. The monoisotopic (exact) mass is 236 g/mol. The van der Waals surface area contributed by atoms with Crippen molar-refractivity contribution in [2.45, 2.75) is 0 Å². The quantitative estimate of drug-likeness (QED) is 0.796. The molecule has 16 heavy (non-hydrogen) atoms. The average molecular weight is 236 g/mol. The molecule has 2 rings (SSSR count). The van der Waals surface area contributed by atoms with Crippen LogP contribution in [0.5, 0.6) is 0 Å². The highest BCUT2D eigenvalue weighted by Gasteiger charge is 2.12. The van der Waals surface area contributed by atoms with E-state index in [2.05, 4.69) is 4.98 Å². The highest BCUT2D eigenvalue weighted by atomic mass is 32.2. The number of anilines is 1. The minimum Gasteiger partial charge on any atom is -0.257 e. The van der Waals surface area contributed by atoms with Crippen molar-refractivity contribution >= 4 is 26.7 Å². The van der Waals surface area contributed by atoms with Crippen LogP contribution < -0.4 is 4.31 Å². The standard InChI is InChI=1S/C11H12N2O2S/c1-13(16(2,14)15)11-8-7-9-5-3-4-6-10(9)12-11/h3-8H,1-2H3. The lowest BCUT2D eigenvalue weighted by atomic mass is 10.2. The number of nitrogens with zero attached hydrogens (tertiary/aromatic N) is 2. The molecule has 0 amide bonds. The molecule has 0 atom stereocenters. The van der Waals surface area contributed by atoms with E-state index in [0.29, 0.717) is 5.82 Å². The van der Waals surface area contributed by atoms with Gasteiger partial charge in [0.05, 0.1) is 11.8 Å². The van der Waals surface area contributed by atoms with Gasteiger partial charge in [-0.05, 0) is 18.2 Å². The van der Waals surface area contributed by atoms with Gasteiger partial charge in [0, 0.05) is 12.4 Å². The number of sulfonamides is 1. The predicted molar refractivity (Wildman–Crippen MR) is 65.0 cm³/mol. The Balaban J connectivity index is 2.55. The number of para-hydroxylation sites is 1. The molecule has 0 saturated heterocycles. The van der Waals surface area contributed by atoms with Crippen molar-refractivity contribution in [1.82, 2.24) is 4.98 Å². The first-order chi connectivity index (χ1) is 7.48. The smallest absolute Gasteiger partial charge is 0.233 e. The van der Waals surface area contributed by atoms with E-state index in [1.807, 2.05) is 30.3 Å². The summed E-state index contributed by atoms with van der Waals surface area (Å²) in [6.45, 7) is 0. The van der Waals surface area contributed by atoms with Crippen LogP contribution in [-0.2, 0) is 10.0 Å². The fourth-order valence-electron chi connectivity index (χ4n) is 1.40. The van der Waals surface area contributed by atoms with Crippen LogP contribution >= 0.6 is 0 Å². The van der Waals surface area contributed by atoms with Crippen molar-refractivity contribution in [2.75, 3.05) is 17.6 Å². The summed E-state index contributed by atoms with van der Waals surface area (Å²) in [5.74, 6) is 0.432. The SMILES string of the molecule is CN(c1ccc2ccccc2n1)S(C)(=O)=O. The third-order valence-corrected chi connectivity index (χ3v) is 3.59. The van der Waals surface area contributed by atoms with Crippen LogP contribution in [0, 0.1) is 0 Å². The van der Waals surface area contributed by atoms with Crippen LogP contribution in [0.3, 0.4) is 0 Å². The maximum atomic E-state index is 11.4. The Bertz CT molecular complexity index is 623. The lowest BCUT2D eigenvalue weighted by Crippen LogP contribution is -2.25. The average Bonchev–Trinajstić information content (AvgIpc) is 2.26. The number of hydrogen-bond donors (Lipinski definition) is 0. The van der Waals surface area contributed by atoms with Crippen molar-refractivity contribution < 1.29 is 8.42 Å². The molecular weight excluding hydrogens is 224 g/mol. The third kappa shape index (κ3) is 1.99. The van der Waals surface area contributed by atoms with Gasteiger partial charge < -0.3 is 0 Å². The Hall–Kier alpha value is -1.62. The van der Waals surface area contributed by atoms with Crippen LogP contribution in [0.2, 0.25) is 0 Å². The minimum atomic E-state index is -3.25. The Morgan fingerprint density at radius 3 is 2.50 bits per heavy atom. The molecule has 5 heteroatoms. The van der Waals surface area contributed by atoms with Gasteiger partial charge in [-0.25, -0.2) is 13.4 Å². The summed E-state index contributed by atoms with van der Waals surface area (Å²) >= 11 is 0. The lowest BCUT2D eigenvalue weighted by molar-refractivity contribution is 0.600. The zero-order chi connectivity index (χ0) is 11.8. The molecule has 2 aromatic rings. The second kappa shape index (κ2) is 3.75. The molecule has 0 N–H and O–H groups in total. The van der Waals surface area contributed by atoms with Gasteiger partial charge in [-0.1, -0.05) is 18.2 Å². The molecule has 0 bridgehead atoms. The summed E-state index contributed by atoms with van der Waals surface area (Å²) in [6.07, 6.45) is 1.16. The van der Waals surface area contributed by atoms with Crippen LogP contribution in [-0.4, -0.2) is 26.7 Å². The van der Waals surface area contributed by atoms with Gasteiger partial charge in [0.2, 0.25) is 10.0 Å². The van der Waals surface area contributed by atoms with Crippen LogP contribution in [0.1, 0.15) is 0 Å². The second-order valence-corrected chi connectivity index (χ2v) is 5.61. The Kier molecular flexibility index (Phi) is 2.55. The fraction of sp³-hybridized carbons (Fsp3) is 0.182. The molecular formula is C11H12N2O2S. The third-order valence-electron chi connectivity index (χ3n) is 2.40. The van der Waals surface area contributed by atoms with Gasteiger partial charge in [-0.2, -0.15) is 0 Å². The molecule has 1 aromatic heterocycles.